The first-order valence-electron chi connectivity index (χ1n) is 7.64. The highest BCUT2D eigenvalue weighted by Crippen LogP contribution is 2.40. The van der Waals surface area contributed by atoms with Crippen molar-refractivity contribution in [1.29, 1.82) is 0 Å². The molecule has 0 aromatic rings. The molecule has 1 aliphatic heterocycles. The molecular weight excluding hydrogens is 306 g/mol. The Hall–Kier alpha value is -0.0900. The molecule has 2 rings (SSSR count). The molecule has 0 spiro atoms. The minimum absolute atomic E-state index is 0.00603. The first-order valence-corrected chi connectivity index (χ1v) is 8.76. The van der Waals surface area contributed by atoms with Crippen LogP contribution in [0.1, 0.15) is 45.4 Å². The smallest absolute Gasteiger partial charge is 0.310 e. The highest BCUT2D eigenvalue weighted by atomic mass is 79.9. The minimum Gasteiger partial charge on any atom is -0.466 e. The Kier molecular flexibility index (Phi) is 5.70. The summed E-state index contributed by atoms with van der Waals surface area (Å²) < 4.78 is 5.18. The summed E-state index contributed by atoms with van der Waals surface area (Å²) in [5, 5.41) is 1.10. The van der Waals surface area contributed by atoms with E-state index in [2.05, 4.69) is 20.8 Å². The molecular formula is C15H26BrNO2. The van der Waals surface area contributed by atoms with Gasteiger partial charge < -0.3 is 9.64 Å². The van der Waals surface area contributed by atoms with E-state index in [0.717, 1.165) is 37.8 Å². The lowest BCUT2D eigenvalue weighted by Gasteiger charge is -2.38. The van der Waals surface area contributed by atoms with Gasteiger partial charge in [0.25, 0.3) is 0 Å². The molecule has 0 radical (unpaired) electrons. The first-order chi connectivity index (χ1) is 9.19. The molecule has 4 heteroatoms. The van der Waals surface area contributed by atoms with Gasteiger partial charge >= 0.3 is 5.97 Å². The summed E-state index contributed by atoms with van der Waals surface area (Å²) in [6.45, 7) is 5.57. The van der Waals surface area contributed by atoms with Crippen molar-refractivity contribution < 1.29 is 9.53 Å². The van der Waals surface area contributed by atoms with Crippen molar-refractivity contribution in [3.63, 3.8) is 0 Å². The van der Waals surface area contributed by atoms with Crippen LogP contribution in [0.25, 0.3) is 0 Å². The van der Waals surface area contributed by atoms with Crippen molar-refractivity contribution >= 4 is 21.9 Å². The summed E-state index contributed by atoms with van der Waals surface area (Å²) in [7, 11) is 0. The number of halogens is 1. The quantitative estimate of drug-likeness (QED) is 0.572. The van der Waals surface area contributed by atoms with Crippen LogP contribution in [-0.2, 0) is 9.53 Å². The van der Waals surface area contributed by atoms with E-state index in [9.17, 15) is 4.79 Å². The Morgan fingerprint density at radius 2 is 2.11 bits per heavy atom. The third kappa shape index (κ3) is 3.94. The monoisotopic (exact) mass is 331 g/mol. The lowest BCUT2D eigenvalue weighted by atomic mass is 9.86. The summed E-state index contributed by atoms with van der Waals surface area (Å²) in [5.74, 6) is 0.106. The van der Waals surface area contributed by atoms with Crippen LogP contribution < -0.4 is 0 Å². The second-order valence-corrected chi connectivity index (χ2v) is 6.73. The van der Waals surface area contributed by atoms with E-state index < -0.39 is 0 Å². The highest BCUT2D eigenvalue weighted by molar-refractivity contribution is 9.09. The third-order valence-corrected chi connectivity index (χ3v) is 5.82. The molecule has 0 amide bonds. The molecule has 0 N–H and O–H groups in total. The maximum Gasteiger partial charge on any atom is 0.310 e. The molecule has 19 heavy (non-hydrogen) atoms. The predicted octanol–water partition coefficient (Wildman–Crippen LogP) is 3.22. The van der Waals surface area contributed by atoms with Gasteiger partial charge in [0.05, 0.1) is 12.5 Å². The van der Waals surface area contributed by atoms with Crippen molar-refractivity contribution in [1.82, 2.24) is 4.90 Å². The standard InChI is InChI=1S/C15H26BrNO2/c1-2-19-14(18)13-6-5-9-17(10-13)12-15(11-16)7-3-4-8-15/h13H,2-12H2,1H3. The first kappa shape index (κ1) is 15.3. The fraction of sp³-hybridized carbons (Fsp3) is 0.933. The second kappa shape index (κ2) is 7.07. The number of rotatable bonds is 5. The zero-order valence-corrected chi connectivity index (χ0v) is 13.6. The van der Waals surface area contributed by atoms with E-state index in [1.807, 2.05) is 6.92 Å². The van der Waals surface area contributed by atoms with Crippen LogP contribution in [0.2, 0.25) is 0 Å². The fourth-order valence-corrected chi connectivity index (χ4v) is 4.32. The third-order valence-electron chi connectivity index (χ3n) is 4.63. The largest absolute Gasteiger partial charge is 0.466 e. The van der Waals surface area contributed by atoms with Gasteiger partial charge in [-0.05, 0) is 44.6 Å². The molecule has 1 saturated carbocycles. The lowest BCUT2D eigenvalue weighted by Crippen LogP contribution is -2.45. The van der Waals surface area contributed by atoms with Crippen LogP contribution >= 0.6 is 15.9 Å². The summed E-state index contributed by atoms with van der Waals surface area (Å²) in [6.07, 6.45) is 7.51. The van der Waals surface area contributed by atoms with Gasteiger partial charge in [0, 0.05) is 18.4 Å². The van der Waals surface area contributed by atoms with Crippen molar-refractivity contribution in [3.05, 3.63) is 0 Å². The summed E-state index contributed by atoms with van der Waals surface area (Å²) in [5.41, 5.74) is 0.455. The number of nitrogens with zero attached hydrogens (tertiary/aromatic N) is 1. The Morgan fingerprint density at radius 1 is 1.37 bits per heavy atom. The topological polar surface area (TPSA) is 29.5 Å². The zero-order chi connectivity index (χ0) is 13.7. The molecule has 1 aliphatic carbocycles. The van der Waals surface area contributed by atoms with Crippen molar-refractivity contribution in [2.45, 2.75) is 45.4 Å². The number of carbonyl (C=O) groups is 1. The SMILES string of the molecule is CCOC(=O)C1CCCN(CC2(CBr)CCCC2)C1. The molecule has 0 aromatic heterocycles. The van der Waals surface area contributed by atoms with Gasteiger partial charge in [0.2, 0.25) is 0 Å². The highest BCUT2D eigenvalue weighted by Gasteiger charge is 2.36. The van der Waals surface area contributed by atoms with Crippen LogP contribution in [0.3, 0.4) is 0 Å². The molecule has 2 fully saturated rings. The molecule has 0 aromatic carbocycles. The molecule has 110 valence electrons. The van der Waals surface area contributed by atoms with E-state index in [0.29, 0.717) is 12.0 Å². The Bertz CT molecular complexity index is 303. The van der Waals surface area contributed by atoms with Gasteiger partial charge in [-0.2, -0.15) is 0 Å². The van der Waals surface area contributed by atoms with E-state index in [1.165, 1.54) is 25.7 Å². The minimum atomic E-state index is 0.00603. The molecule has 3 nitrogen and oxygen atoms in total. The van der Waals surface area contributed by atoms with Crippen molar-refractivity contribution in [2.75, 3.05) is 31.6 Å². The normalized spacial score (nSPS) is 27.4. The van der Waals surface area contributed by atoms with Gasteiger partial charge in [-0.15, -0.1) is 0 Å². The molecule has 1 atom stereocenters. The Labute approximate surface area is 125 Å². The van der Waals surface area contributed by atoms with Crippen LogP contribution in [0.5, 0.6) is 0 Å². The fourth-order valence-electron chi connectivity index (χ4n) is 3.58. The number of esters is 1. The van der Waals surface area contributed by atoms with E-state index in [1.54, 1.807) is 0 Å². The van der Waals surface area contributed by atoms with E-state index >= 15 is 0 Å². The maximum atomic E-state index is 11.9. The van der Waals surface area contributed by atoms with Gasteiger partial charge in [-0.25, -0.2) is 0 Å². The molecule has 2 aliphatic rings. The van der Waals surface area contributed by atoms with Crippen LogP contribution in [0.4, 0.5) is 0 Å². The summed E-state index contributed by atoms with van der Waals surface area (Å²) >= 11 is 3.71. The van der Waals surface area contributed by atoms with Gasteiger partial charge in [-0.3, -0.25) is 4.79 Å². The van der Waals surface area contributed by atoms with Crippen LogP contribution in [-0.4, -0.2) is 42.4 Å². The molecule has 1 saturated heterocycles. The number of hydrogen-bond donors (Lipinski definition) is 0. The summed E-state index contributed by atoms with van der Waals surface area (Å²) in [6, 6.07) is 0. The zero-order valence-electron chi connectivity index (χ0n) is 12.0. The predicted molar refractivity (Wildman–Crippen MR) is 80.5 cm³/mol. The van der Waals surface area contributed by atoms with Gasteiger partial charge in [0.1, 0.15) is 0 Å². The number of hydrogen-bond acceptors (Lipinski definition) is 3. The van der Waals surface area contributed by atoms with Crippen LogP contribution in [0, 0.1) is 11.3 Å². The Morgan fingerprint density at radius 3 is 2.74 bits per heavy atom. The van der Waals surface area contributed by atoms with Crippen LogP contribution in [0.15, 0.2) is 0 Å². The van der Waals surface area contributed by atoms with Gasteiger partial charge in [-0.1, -0.05) is 28.8 Å². The number of alkyl halides is 1. The molecule has 0 bridgehead atoms. The average molecular weight is 332 g/mol. The molecule has 1 unspecified atom stereocenters. The number of ether oxygens (including phenoxy) is 1. The summed E-state index contributed by atoms with van der Waals surface area (Å²) in [4.78, 5) is 14.4. The van der Waals surface area contributed by atoms with Gasteiger partial charge in [0.15, 0.2) is 0 Å². The van der Waals surface area contributed by atoms with E-state index in [-0.39, 0.29) is 11.9 Å². The number of likely N-dealkylation sites (tertiary alicyclic amines) is 1. The number of piperidine rings is 1. The second-order valence-electron chi connectivity index (χ2n) is 6.17. The van der Waals surface area contributed by atoms with Crippen molar-refractivity contribution in [3.8, 4) is 0 Å². The lowest BCUT2D eigenvalue weighted by molar-refractivity contribution is -0.150. The Balaban J connectivity index is 1.88. The molecule has 1 heterocycles. The van der Waals surface area contributed by atoms with Crippen molar-refractivity contribution in [2.24, 2.45) is 11.3 Å². The van der Waals surface area contributed by atoms with E-state index in [4.69, 9.17) is 4.74 Å². The maximum absolute atomic E-state index is 11.9. The number of carbonyl (C=O) groups excluding carboxylic acids is 1. The average Bonchev–Trinajstić information content (AvgIpc) is 2.88.